The first-order valence-corrected chi connectivity index (χ1v) is 13.0. The molecular formula is C30H31NO5. The van der Waals surface area contributed by atoms with Gasteiger partial charge in [-0.25, -0.2) is 0 Å². The number of Topliss-reactive ketones (excluding diaryl/α,β-unsaturated/α-hetero) is 1. The first-order valence-electron chi connectivity index (χ1n) is 13.0. The first kappa shape index (κ1) is 23.1. The van der Waals surface area contributed by atoms with E-state index in [0.29, 0.717) is 41.1 Å². The van der Waals surface area contributed by atoms with Gasteiger partial charge in [-0.1, -0.05) is 37.3 Å². The SMILES string of the molecule is COC(=O)CC(c1ccc2c(c1)[C@H]1CC[C@]3(C)C(=O)CC[C@H]3[C@@H]1CC2)N1C(=O)c2ccccc2C1=O. The van der Waals surface area contributed by atoms with E-state index in [2.05, 4.69) is 19.1 Å². The zero-order valence-corrected chi connectivity index (χ0v) is 20.8. The highest BCUT2D eigenvalue weighted by atomic mass is 16.5. The van der Waals surface area contributed by atoms with E-state index in [1.807, 2.05) is 6.07 Å². The molecule has 0 aromatic heterocycles. The second-order valence-electron chi connectivity index (χ2n) is 11.1. The quantitative estimate of drug-likeness (QED) is 0.449. The molecule has 0 saturated heterocycles. The fraction of sp³-hybridized carbons (Fsp3) is 0.467. The van der Waals surface area contributed by atoms with Crippen molar-refractivity contribution in [3.63, 3.8) is 0 Å². The Labute approximate surface area is 211 Å². The van der Waals surface area contributed by atoms with Gasteiger partial charge in [-0.15, -0.1) is 0 Å². The molecule has 1 unspecified atom stereocenters. The fourth-order valence-corrected chi connectivity index (χ4v) is 7.65. The molecule has 4 aliphatic rings. The van der Waals surface area contributed by atoms with Crippen molar-refractivity contribution in [3.05, 3.63) is 70.3 Å². The standard InChI is InChI=1S/C30H31NO5/c1-30-14-13-19-20(24(30)11-12-26(30)32)10-9-17-7-8-18(15-23(17)19)25(16-27(33)36-2)31-28(34)21-5-3-4-6-22(21)29(31)35/h3-8,15,19-20,24-25H,9-14,16H2,1-2H3/t19-,20+,24-,25?,30-/m0/s1. The zero-order chi connectivity index (χ0) is 25.2. The van der Waals surface area contributed by atoms with Crippen LogP contribution in [0, 0.1) is 17.3 Å². The average molecular weight is 486 g/mol. The highest BCUT2D eigenvalue weighted by molar-refractivity contribution is 6.21. The summed E-state index contributed by atoms with van der Waals surface area (Å²) in [5.41, 5.74) is 3.89. The van der Waals surface area contributed by atoms with Crippen LogP contribution in [0.2, 0.25) is 0 Å². The largest absolute Gasteiger partial charge is 0.469 e. The maximum Gasteiger partial charge on any atom is 0.307 e. The van der Waals surface area contributed by atoms with Crippen LogP contribution in [0.4, 0.5) is 0 Å². The van der Waals surface area contributed by atoms with Crippen molar-refractivity contribution in [1.29, 1.82) is 0 Å². The number of esters is 1. The van der Waals surface area contributed by atoms with E-state index in [0.717, 1.165) is 37.7 Å². The number of carbonyl (C=O) groups is 4. The summed E-state index contributed by atoms with van der Waals surface area (Å²) in [4.78, 5) is 53.0. The number of fused-ring (bicyclic) bond motifs is 6. The molecule has 2 aromatic rings. The van der Waals surface area contributed by atoms with Gasteiger partial charge in [0.25, 0.3) is 11.8 Å². The van der Waals surface area contributed by atoms with Crippen molar-refractivity contribution in [2.24, 2.45) is 17.3 Å². The molecule has 0 spiro atoms. The van der Waals surface area contributed by atoms with E-state index < -0.39 is 12.0 Å². The Morgan fingerprint density at radius 2 is 1.75 bits per heavy atom. The molecule has 5 atom stereocenters. The number of ketones is 1. The van der Waals surface area contributed by atoms with Crippen molar-refractivity contribution in [2.75, 3.05) is 7.11 Å². The topological polar surface area (TPSA) is 80.8 Å². The summed E-state index contributed by atoms with van der Waals surface area (Å²) in [5, 5.41) is 0. The summed E-state index contributed by atoms with van der Waals surface area (Å²) in [7, 11) is 1.32. The molecule has 3 aliphatic carbocycles. The lowest BCUT2D eigenvalue weighted by molar-refractivity contribution is -0.141. The Kier molecular flexibility index (Phi) is 5.39. The predicted octanol–water partition coefficient (Wildman–Crippen LogP) is 5.01. The van der Waals surface area contributed by atoms with Crippen LogP contribution in [0.15, 0.2) is 42.5 Å². The number of ether oxygens (including phenoxy) is 1. The lowest BCUT2D eigenvalue weighted by Crippen LogP contribution is -2.42. The van der Waals surface area contributed by atoms with Crippen LogP contribution in [-0.2, 0) is 20.7 Å². The van der Waals surface area contributed by atoms with Gasteiger partial charge in [0, 0.05) is 11.8 Å². The summed E-state index contributed by atoms with van der Waals surface area (Å²) < 4.78 is 4.96. The van der Waals surface area contributed by atoms with Crippen LogP contribution in [-0.4, -0.2) is 35.6 Å². The molecule has 0 N–H and O–H groups in total. The van der Waals surface area contributed by atoms with Crippen LogP contribution in [0.3, 0.4) is 0 Å². The number of benzene rings is 2. The minimum absolute atomic E-state index is 0.0932. The first-order chi connectivity index (χ1) is 17.3. The van der Waals surface area contributed by atoms with Gasteiger partial charge in [-0.05, 0) is 78.7 Å². The average Bonchev–Trinajstić information content (AvgIpc) is 3.34. The van der Waals surface area contributed by atoms with Gasteiger partial charge in [0.15, 0.2) is 0 Å². The second kappa shape index (κ2) is 8.39. The molecule has 0 bridgehead atoms. The van der Waals surface area contributed by atoms with Crippen LogP contribution in [0.1, 0.15) is 94.8 Å². The van der Waals surface area contributed by atoms with Crippen molar-refractivity contribution in [3.8, 4) is 0 Å². The molecule has 2 amide bonds. The number of aryl methyl sites for hydroxylation is 1. The second-order valence-corrected chi connectivity index (χ2v) is 11.1. The number of imide groups is 1. The Bertz CT molecular complexity index is 1260. The fourth-order valence-electron chi connectivity index (χ4n) is 7.65. The Morgan fingerprint density at radius 3 is 2.44 bits per heavy atom. The van der Waals surface area contributed by atoms with E-state index in [1.165, 1.54) is 23.1 Å². The number of methoxy groups -OCH3 is 1. The van der Waals surface area contributed by atoms with Crippen molar-refractivity contribution in [2.45, 2.75) is 63.8 Å². The third-order valence-corrected chi connectivity index (χ3v) is 9.57. The number of amides is 2. The number of hydrogen-bond acceptors (Lipinski definition) is 5. The molecule has 6 heteroatoms. The van der Waals surface area contributed by atoms with Crippen LogP contribution in [0.5, 0.6) is 0 Å². The van der Waals surface area contributed by atoms with Gasteiger partial charge >= 0.3 is 5.97 Å². The van der Waals surface area contributed by atoms with Crippen LogP contribution < -0.4 is 0 Å². The maximum absolute atomic E-state index is 13.3. The van der Waals surface area contributed by atoms with Gasteiger partial charge in [0.05, 0.1) is 30.7 Å². The molecule has 1 aliphatic heterocycles. The van der Waals surface area contributed by atoms with Crippen molar-refractivity contribution >= 4 is 23.6 Å². The molecule has 1 heterocycles. The van der Waals surface area contributed by atoms with Crippen molar-refractivity contribution in [1.82, 2.24) is 4.90 Å². The summed E-state index contributed by atoms with van der Waals surface area (Å²) in [6.07, 6.45) is 5.51. The number of hydrogen-bond donors (Lipinski definition) is 0. The summed E-state index contributed by atoms with van der Waals surface area (Å²) in [5.74, 6) is 0.452. The number of carbonyl (C=O) groups excluding carboxylic acids is 4. The van der Waals surface area contributed by atoms with Crippen LogP contribution >= 0.6 is 0 Å². The monoisotopic (exact) mass is 485 g/mol. The van der Waals surface area contributed by atoms with Crippen LogP contribution in [0.25, 0.3) is 0 Å². The summed E-state index contributed by atoms with van der Waals surface area (Å²) >= 11 is 0. The smallest absolute Gasteiger partial charge is 0.307 e. The molecular weight excluding hydrogens is 454 g/mol. The Morgan fingerprint density at radius 1 is 1.03 bits per heavy atom. The Hall–Kier alpha value is -3.28. The minimum Gasteiger partial charge on any atom is -0.469 e. The number of rotatable bonds is 4. The molecule has 6 nitrogen and oxygen atoms in total. The lowest BCUT2D eigenvalue weighted by atomic mass is 9.55. The third-order valence-electron chi connectivity index (χ3n) is 9.57. The minimum atomic E-state index is -0.738. The molecule has 36 heavy (non-hydrogen) atoms. The maximum atomic E-state index is 13.3. The van der Waals surface area contributed by atoms with E-state index in [9.17, 15) is 19.2 Å². The van der Waals surface area contributed by atoms with Gasteiger partial charge in [-0.3, -0.25) is 24.1 Å². The normalized spacial score (nSPS) is 29.3. The molecule has 2 saturated carbocycles. The van der Waals surface area contributed by atoms with E-state index in [1.54, 1.807) is 24.3 Å². The van der Waals surface area contributed by atoms with Gasteiger partial charge in [0.1, 0.15) is 5.78 Å². The van der Waals surface area contributed by atoms with E-state index in [4.69, 9.17) is 4.74 Å². The molecule has 2 aromatic carbocycles. The third kappa shape index (κ3) is 3.30. The van der Waals surface area contributed by atoms with E-state index in [-0.39, 0.29) is 23.7 Å². The van der Waals surface area contributed by atoms with E-state index >= 15 is 0 Å². The van der Waals surface area contributed by atoms with Gasteiger partial charge in [-0.2, -0.15) is 0 Å². The zero-order valence-electron chi connectivity index (χ0n) is 20.8. The highest BCUT2D eigenvalue weighted by Crippen LogP contribution is 2.59. The lowest BCUT2D eigenvalue weighted by Gasteiger charge is -2.48. The highest BCUT2D eigenvalue weighted by Gasteiger charge is 2.54. The Balaban J connectivity index is 1.38. The van der Waals surface area contributed by atoms with Gasteiger partial charge < -0.3 is 4.74 Å². The summed E-state index contributed by atoms with van der Waals surface area (Å²) in [6.45, 7) is 2.17. The molecule has 6 rings (SSSR count). The van der Waals surface area contributed by atoms with Crippen molar-refractivity contribution < 1.29 is 23.9 Å². The molecule has 2 fully saturated rings. The summed E-state index contributed by atoms with van der Waals surface area (Å²) in [6, 6.07) is 12.3. The van der Waals surface area contributed by atoms with Gasteiger partial charge in [0.2, 0.25) is 0 Å². The number of nitrogens with zero attached hydrogens (tertiary/aromatic N) is 1. The molecule has 186 valence electrons. The predicted molar refractivity (Wildman–Crippen MR) is 132 cm³/mol. The molecule has 0 radical (unpaired) electrons.